The Hall–Kier alpha value is -1.98. The molecule has 4 rings (SSSR count). The lowest BCUT2D eigenvalue weighted by molar-refractivity contribution is 0.929. The number of H-pyrrole nitrogens is 1. The van der Waals surface area contributed by atoms with Crippen molar-refractivity contribution in [3.05, 3.63) is 59.1 Å². The Balaban J connectivity index is 1.77. The Bertz CT molecular complexity index is 959. The molecule has 4 nitrogen and oxygen atoms in total. The van der Waals surface area contributed by atoms with Crippen molar-refractivity contribution in [3.8, 4) is 0 Å². The molecule has 0 radical (unpaired) electrons. The van der Waals surface area contributed by atoms with Gasteiger partial charge in [-0.2, -0.15) is 0 Å². The van der Waals surface area contributed by atoms with Crippen LogP contribution in [0.25, 0.3) is 16.8 Å². The third-order valence-electron chi connectivity index (χ3n) is 3.63. The molecule has 0 saturated heterocycles. The van der Waals surface area contributed by atoms with E-state index in [2.05, 4.69) is 34.2 Å². The van der Waals surface area contributed by atoms with Crippen LogP contribution in [0.2, 0.25) is 5.02 Å². The van der Waals surface area contributed by atoms with Crippen LogP contribution >= 0.6 is 23.4 Å². The number of halogens is 1. The largest absolute Gasteiger partial charge is 0.254 e. The zero-order valence-corrected chi connectivity index (χ0v) is 13.4. The standard InChI is InChI=1S/C16H13ClN4S/c1-10(11-6-2-3-7-12(11)17)22-16-20-19-15-18-13-8-4-5-9-14(13)21(15)16/h2-10H,1H3,(H,18,19). The second-order valence-corrected chi connectivity index (χ2v) is 6.76. The van der Waals surface area contributed by atoms with Gasteiger partial charge in [0.05, 0.1) is 11.0 Å². The maximum absolute atomic E-state index is 6.29. The van der Waals surface area contributed by atoms with E-state index in [1.165, 1.54) is 0 Å². The summed E-state index contributed by atoms with van der Waals surface area (Å²) in [4.78, 5) is 4.54. The zero-order valence-electron chi connectivity index (χ0n) is 11.8. The van der Waals surface area contributed by atoms with Gasteiger partial charge in [-0.25, -0.2) is 10.1 Å². The van der Waals surface area contributed by atoms with Crippen LogP contribution in [0.15, 0.2) is 53.7 Å². The summed E-state index contributed by atoms with van der Waals surface area (Å²) in [5, 5.41) is 9.26. The van der Waals surface area contributed by atoms with Gasteiger partial charge in [0.25, 0.3) is 0 Å². The third kappa shape index (κ3) is 2.17. The highest BCUT2D eigenvalue weighted by atomic mass is 35.5. The van der Waals surface area contributed by atoms with Crippen molar-refractivity contribution in [1.82, 2.24) is 19.6 Å². The highest BCUT2D eigenvalue weighted by Crippen LogP contribution is 2.37. The molecule has 0 bridgehead atoms. The molecule has 0 aliphatic rings. The van der Waals surface area contributed by atoms with Gasteiger partial charge in [-0.3, -0.25) is 4.40 Å². The van der Waals surface area contributed by atoms with Gasteiger partial charge in [0.1, 0.15) is 0 Å². The first-order valence-corrected chi connectivity index (χ1v) is 8.22. The van der Waals surface area contributed by atoms with Gasteiger partial charge in [0, 0.05) is 10.3 Å². The fourth-order valence-electron chi connectivity index (χ4n) is 2.55. The van der Waals surface area contributed by atoms with Gasteiger partial charge in [0.2, 0.25) is 5.78 Å². The molecule has 0 amide bonds. The molecule has 1 N–H and O–H groups in total. The molecule has 110 valence electrons. The molecule has 0 saturated carbocycles. The van der Waals surface area contributed by atoms with Crippen molar-refractivity contribution in [1.29, 1.82) is 0 Å². The van der Waals surface area contributed by atoms with Gasteiger partial charge in [-0.1, -0.05) is 53.7 Å². The van der Waals surface area contributed by atoms with E-state index in [4.69, 9.17) is 11.6 Å². The molecule has 0 aliphatic heterocycles. The van der Waals surface area contributed by atoms with Crippen LogP contribution in [-0.2, 0) is 0 Å². The molecule has 2 aromatic heterocycles. The number of hydrogen-bond donors (Lipinski definition) is 1. The van der Waals surface area contributed by atoms with Gasteiger partial charge in [-0.15, -0.1) is 5.10 Å². The monoisotopic (exact) mass is 328 g/mol. The van der Waals surface area contributed by atoms with Crippen LogP contribution in [0.5, 0.6) is 0 Å². The summed E-state index contributed by atoms with van der Waals surface area (Å²) in [6.45, 7) is 2.13. The maximum atomic E-state index is 6.29. The Morgan fingerprint density at radius 3 is 2.77 bits per heavy atom. The molecule has 22 heavy (non-hydrogen) atoms. The first-order valence-electron chi connectivity index (χ1n) is 6.96. The average molecular weight is 329 g/mol. The van der Waals surface area contributed by atoms with Crippen molar-refractivity contribution >= 4 is 40.2 Å². The number of thioether (sulfide) groups is 1. The summed E-state index contributed by atoms with van der Waals surface area (Å²) < 4.78 is 2.05. The predicted molar refractivity (Wildman–Crippen MR) is 90.6 cm³/mol. The molecular weight excluding hydrogens is 316 g/mol. The second kappa shape index (κ2) is 5.34. The topological polar surface area (TPSA) is 46.0 Å². The first-order chi connectivity index (χ1) is 10.7. The number of nitrogens with zero attached hydrogens (tertiary/aromatic N) is 3. The number of fused-ring (bicyclic) bond motifs is 3. The van der Waals surface area contributed by atoms with Crippen LogP contribution in [0.3, 0.4) is 0 Å². The fourth-order valence-corrected chi connectivity index (χ4v) is 3.95. The second-order valence-electron chi connectivity index (χ2n) is 5.05. The summed E-state index contributed by atoms with van der Waals surface area (Å²) in [5.41, 5.74) is 3.12. The smallest absolute Gasteiger partial charge is 0.231 e. The van der Waals surface area contributed by atoms with Gasteiger partial charge in [0.15, 0.2) is 5.16 Å². The van der Waals surface area contributed by atoms with Gasteiger partial charge in [-0.05, 0) is 30.7 Å². The molecule has 4 aromatic rings. The van der Waals surface area contributed by atoms with E-state index in [0.717, 1.165) is 32.6 Å². The van der Waals surface area contributed by atoms with Crippen LogP contribution in [-0.4, -0.2) is 19.6 Å². The van der Waals surface area contributed by atoms with Crippen LogP contribution < -0.4 is 0 Å². The van der Waals surface area contributed by atoms with E-state index < -0.39 is 0 Å². The summed E-state index contributed by atoms with van der Waals surface area (Å²) >= 11 is 7.95. The molecular formula is C16H13ClN4S. The first kappa shape index (κ1) is 13.7. The number of aromatic amines is 1. The minimum Gasteiger partial charge on any atom is -0.254 e. The third-order valence-corrected chi connectivity index (χ3v) is 5.07. The Morgan fingerprint density at radius 1 is 1.14 bits per heavy atom. The van der Waals surface area contributed by atoms with E-state index in [9.17, 15) is 0 Å². The summed E-state index contributed by atoms with van der Waals surface area (Å²) in [7, 11) is 0. The van der Waals surface area contributed by atoms with Crippen molar-refractivity contribution in [2.45, 2.75) is 17.3 Å². The minimum atomic E-state index is 0.196. The van der Waals surface area contributed by atoms with E-state index in [0.29, 0.717) is 0 Å². The normalized spacial score (nSPS) is 13.0. The molecule has 0 aliphatic carbocycles. The number of rotatable bonds is 3. The van der Waals surface area contributed by atoms with E-state index >= 15 is 0 Å². The van der Waals surface area contributed by atoms with Crippen LogP contribution in [0.1, 0.15) is 17.7 Å². The minimum absolute atomic E-state index is 0.196. The van der Waals surface area contributed by atoms with E-state index in [1.807, 2.05) is 40.8 Å². The Morgan fingerprint density at radius 2 is 1.91 bits per heavy atom. The number of aromatic nitrogens is 4. The molecule has 0 spiro atoms. The van der Waals surface area contributed by atoms with Crippen LogP contribution in [0, 0.1) is 0 Å². The molecule has 2 heterocycles. The molecule has 1 atom stereocenters. The van der Waals surface area contributed by atoms with Crippen molar-refractivity contribution in [2.75, 3.05) is 0 Å². The number of para-hydroxylation sites is 2. The van der Waals surface area contributed by atoms with Gasteiger partial charge >= 0.3 is 0 Å². The quantitative estimate of drug-likeness (QED) is 0.554. The lowest BCUT2D eigenvalue weighted by Crippen LogP contribution is -1.93. The summed E-state index contributed by atoms with van der Waals surface area (Å²) in [5.74, 6) is 0.759. The van der Waals surface area contributed by atoms with Crippen molar-refractivity contribution in [3.63, 3.8) is 0 Å². The maximum Gasteiger partial charge on any atom is 0.231 e. The summed E-state index contributed by atoms with van der Waals surface area (Å²) in [6, 6.07) is 16.0. The lowest BCUT2D eigenvalue weighted by Gasteiger charge is -2.11. The molecule has 1 unspecified atom stereocenters. The molecule has 2 aromatic carbocycles. The average Bonchev–Trinajstić information content (AvgIpc) is 3.07. The predicted octanol–water partition coefficient (Wildman–Crippen LogP) is 4.72. The number of benzene rings is 2. The van der Waals surface area contributed by atoms with Crippen molar-refractivity contribution < 1.29 is 0 Å². The summed E-state index contributed by atoms with van der Waals surface area (Å²) in [6.07, 6.45) is 0. The number of imidazole rings is 1. The Labute approximate surface area is 136 Å². The highest BCUT2D eigenvalue weighted by molar-refractivity contribution is 7.99. The van der Waals surface area contributed by atoms with Crippen molar-refractivity contribution in [2.24, 2.45) is 0 Å². The van der Waals surface area contributed by atoms with E-state index in [-0.39, 0.29) is 5.25 Å². The van der Waals surface area contributed by atoms with Crippen LogP contribution in [0.4, 0.5) is 0 Å². The molecule has 0 fully saturated rings. The number of nitrogens with one attached hydrogen (secondary N) is 1. The SMILES string of the molecule is CC(Sc1n[nH]c2nc3ccccc3n12)c1ccccc1Cl. The van der Waals surface area contributed by atoms with Gasteiger partial charge < -0.3 is 0 Å². The fraction of sp³-hybridized carbons (Fsp3) is 0.125. The Kier molecular flexibility index (Phi) is 3.32. The molecule has 6 heteroatoms. The van der Waals surface area contributed by atoms with E-state index in [1.54, 1.807) is 11.8 Å². The zero-order chi connectivity index (χ0) is 15.1. The number of hydrogen-bond acceptors (Lipinski definition) is 3. The highest BCUT2D eigenvalue weighted by Gasteiger charge is 2.17. The lowest BCUT2D eigenvalue weighted by atomic mass is 10.2.